The molecule has 0 saturated heterocycles. The number of aromatic nitrogens is 3. The van der Waals surface area contributed by atoms with Crippen LogP contribution in [0.4, 0.5) is 8.78 Å². The number of pyridine rings is 1. The molecule has 0 amide bonds. The van der Waals surface area contributed by atoms with E-state index >= 15 is 0 Å². The van der Waals surface area contributed by atoms with Crippen molar-refractivity contribution in [3.05, 3.63) is 78.4 Å². The number of carboxylic acid groups (broad SMARTS) is 1. The van der Waals surface area contributed by atoms with E-state index in [0.29, 0.717) is 5.56 Å². The molecule has 1 radical (unpaired) electrons. The van der Waals surface area contributed by atoms with Gasteiger partial charge in [-0.3, -0.25) is 0 Å². The van der Waals surface area contributed by atoms with Crippen LogP contribution in [-0.4, -0.2) is 26.0 Å². The van der Waals surface area contributed by atoms with Gasteiger partial charge in [0.05, 0.1) is 6.20 Å². The molecule has 0 spiro atoms. The van der Waals surface area contributed by atoms with E-state index in [4.69, 9.17) is 5.11 Å². The van der Waals surface area contributed by atoms with Gasteiger partial charge in [-0.2, -0.15) is 9.37 Å². The number of nitrogens with zero attached hydrogens (tertiary/aromatic N) is 3. The van der Waals surface area contributed by atoms with Gasteiger partial charge in [0.25, 0.3) is 5.95 Å². The van der Waals surface area contributed by atoms with Gasteiger partial charge in [0.1, 0.15) is 5.69 Å². The van der Waals surface area contributed by atoms with E-state index in [2.05, 4.69) is 15.0 Å². The number of hydrogen-bond donors (Lipinski definition) is 1. The van der Waals surface area contributed by atoms with Gasteiger partial charge in [-0.15, -0.1) is 0 Å². The maximum Gasteiger partial charge on any atom is 0.354 e. The summed E-state index contributed by atoms with van der Waals surface area (Å²) in [5, 5.41) is 8.32. The van der Waals surface area contributed by atoms with Gasteiger partial charge in [-0.05, 0) is 12.1 Å². The fourth-order valence-corrected chi connectivity index (χ4v) is 1.56. The topological polar surface area (TPSA) is 76.0 Å². The molecular weight excluding hydrogens is 496 g/mol. The Morgan fingerprint density at radius 3 is 2.12 bits per heavy atom. The molecule has 3 aromatic rings. The van der Waals surface area contributed by atoms with Crippen molar-refractivity contribution in [2.24, 2.45) is 0 Å². The average molecular weight is 507 g/mol. The first-order valence-corrected chi connectivity index (χ1v) is 6.45. The van der Waals surface area contributed by atoms with Crippen LogP contribution in [0.5, 0.6) is 0 Å². The summed E-state index contributed by atoms with van der Waals surface area (Å²) in [5.74, 6) is -2.97. The van der Waals surface area contributed by atoms with Crippen LogP contribution in [0.15, 0.2) is 60.9 Å². The van der Waals surface area contributed by atoms with Gasteiger partial charge < -0.3 is 5.11 Å². The summed E-state index contributed by atoms with van der Waals surface area (Å²) >= 11 is 0. The average Bonchev–Trinajstić information content (AvgIpc) is 2.59. The summed E-state index contributed by atoms with van der Waals surface area (Å²) in [4.78, 5) is 20.8. The normalized spacial score (nSPS) is 9.25. The van der Waals surface area contributed by atoms with E-state index in [1.165, 1.54) is 12.3 Å². The molecule has 0 aliphatic heterocycles. The molecule has 0 bridgehead atoms. The second-order valence-electron chi connectivity index (χ2n) is 4.22. The van der Waals surface area contributed by atoms with Crippen molar-refractivity contribution >= 4 is 5.97 Å². The van der Waals surface area contributed by atoms with Crippen LogP contribution in [0.25, 0.3) is 11.4 Å². The fourth-order valence-electron chi connectivity index (χ4n) is 1.56. The number of aromatic carboxylic acids is 1. The van der Waals surface area contributed by atoms with Crippen LogP contribution < -0.4 is 0 Å². The number of hydrogen-bond acceptors (Lipinski definition) is 4. The Hall–Kier alpha value is -2.57. The number of carbonyl (C=O) groups is 1. The SMILES string of the molecule is Fc1cnc(-c2ccccc2)nc1F.O=C(O)c1ccccn1.[Ir]. The Bertz CT molecular complexity index is 790. The molecule has 0 aliphatic rings. The first-order chi connectivity index (χ1) is 11.1. The molecule has 0 atom stereocenters. The van der Waals surface area contributed by atoms with Crippen molar-refractivity contribution < 1.29 is 38.8 Å². The molecule has 125 valence electrons. The van der Waals surface area contributed by atoms with Crippen LogP contribution in [0.1, 0.15) is 10.5 Å². The minimum atomic E-state index is -1.13. The van der Waals surface area contributed by atoms with Crippen molar-refractivity contribution in [1.82, 2.24) is 15.0 Å². The molecule has 0 saturated carbocycles. The minimum absolute atomic E-state index is 0. The first kappa shape index (κ1) is 19.5. The first-order valence-electron chi connectivity index (χ1n) is 6.45. The van der Waals surface area contributed by atoms with Gasteiger partial charge in [0, 0.05) is 31.9 Å². The van der Waals surface area contributed by atoms with E-state index in [-0.39, 0.29) is 31.6 Å². The Morgan fingerprint density at radius 2 is 1.62 bits per heavy atom. The quantitative estimate of drug-likeness (QED) is 0.540. The molecule has 8 heteroatoms. The number of benzene rings is 1. The van der Waals surface area contributed by atoms with Gasteiger partial charge in [0.2, 0.25) is 0 Å². The second kappa shape index (κ2) is 9.54. The molecule has 5 nitrogen and oxygen atoms in total. The third kappa shape index (κ3) is 5.57. The fraction of sp³-hybridized carbons (Fsp3) is 0. The van der Waals surface area contributed by atoms with E-state index < -0.39 is 17.7 Å². The molecule has 0 fully saturated rings. The van der Waals surface area contributed by atoms with Crippen molar-refractivity contribution in [1.29, 1.82) is 0 Å². The van der Waals surface area contributed by atoms with E-state index in [1.54, 1.807) is 36.4 Å². The predicted octanol–water partition coefficient (Wildman–Crippen LogP) is 3.20. The summed E-state index contributed by atoms with van der Waals surface area (Å²) in [5.41, 5.74) is 0.740. The number of rotatable bonds is 2. The van der Waals surface area contributed by atoms with E-state index in [1.807, 2.05) is 6.07 Å². The zero-order chi connectivity index (χ0) is 16.7. The number of halogens is 2. The molecule has 3 rings (SSSR count). The van der Waals surface area contributed by atoms with Gasteiger partial charge >= 0.3 is 5.97 Å². The Labute approximate surface area is 149 Å². The number of carboxylic acids is 1. The molecule has 0 aliphatic carbocycles. The van der Waals surface area contributed by atoms with Gasteiger partial charge in [0.15, 0.2) is 11.6 Å². The van der Waals surface area contributed by atoms with Crippen LogP contribution in [-0.2, 0) is 20.1 Å². The van der Waals surface area contributed by atoms with Crippen LogP contribution in [0, 0.1) is 11.8 Å². The summed E-state index contributed by atoms with van der Waals surface area (Å²) in [6, 6.07) is 13.6. The Kier molecular flexibility index (Phi) is 7.74. The van der Waals surface area contributed by atoms with Gasteiger partial charge in [-0.1, -0.05) is 36.4 Å². The monoisotopic (exact) mass is 508 g/mol. The summed E-state index contributed by atoms with van der Waals surface area (Å²) in [7, 11) is 0. The molecular formula is C16H11F2IrN3O2. The molecule has 24 heavy (non-hydrogen) atoms. The van der Waals surface area contributed by atoms with Crippen molar-refractivity contribution in [2.45, 2.75) is 0 Å². The summed E-state index contributed by atoms with van der Waals surface area (Å²) in [6.45, 7) is 0. The zero-order valence-electron chi connectivity index (χ0n) is 12.1. The van der Waals surface area contributed by atoms with E-state index in [9.17, 15) is 13.6 Å². The van der Waals surface area contributed by atoms with Crippen LogP contribution >= 0.6 is 0 Å². The molecule has 2 aromatic heterocycles. The second-order valence-corrected chi connectivity index (χ2v) is 4.22. The maximum atomic E-state index is 12.7. The van der Waals surface area contributed by atoms with Gasteiger partial charge in [-0.25, -0.2) is 19.2 Å². The van der Waals surface area contributed by atoms with Crippen molar-refractivity contribution in [3.63, 3.8) is 0 Å². The molecule has 0 unspecified atom stereocenters. The maximum absolute atomic E-state index is 12.7. The third-order valence-corrected chi connectivity index (χ3v) is 2.62. The predicted molar refractivity (Wildman–Crippen MR) is 78.6 cm³/mol. The largest absolute Gasteiger partial charge is 0.477 e. The van der Waals surface area contributed by atoms with Crippen LogP contribution in [0.3, 0.4) is 0 Å². The smallest absolute Gasteiger partial charge is 0.354 e. The zero-order valence-corrected chi connectivity index (χ0v) is 14.5. The molecule has 1 aromatic carbocycles. The van der Waals surface area contributed by atoms with Crippen molar-refractivity contribution in [3.8, 4) is 11.4 Å². The third-order valence-electron chi connectivity index (χ3n) is 2.62. The van der Waals surface area contributed by atoms with Crippen LogP contribution in [0.2, 0.25) is 0 Å². The minimum Gasteiger partial charge on any atom is -0.477 e. The summed E-state index contributed by atoms with van der Waals surface area (Å²) in [6.07, 6.45) is 2.27. The molecule has 2 heterocycles. The van der Waals surface area contributed by atoms with Crippen molar-refractivity contribution in [2.75, 3.05) is 0 Å². The summed E-state index contributed by atoms with van der Waals surface area (Å²) < 4.78 is 25.3. The standard InChI is InChI=1S/C10H6F2N2.C6H5NO2.Ir/c11-8-6-13-10(14-9(8)12)7-4-2-1-3-5-7;8-6(9)5-3-1-2-4-7-5;/h1-6H;1-4H,(H,8,9);. The molecule has 1 N–H and O–H groups in total. The Morgan fingerprint density at radius 1 is 0.958 bits per heavy atom. The Balaban J connectivity index is 0.000000252. The van der Waals surface area contributed by atoms with E-state index in [0.717, 1.165) is 6.20 Å².